The molecule has 0 bridgehead atoms. The summed E-state index contributed by atoms with van der Waals surface area (Å²) >= 11 is 2.21. The summed E-state index contributed by atoms with van der Waals surface area (Å²) in [7, 11) is -3.27. The maximum atomic E-state index is 11.0. The van der Waals surface area contributed by atoms with Crippen LogP contribution in [0.15, 0.2) is 17.6 Å². The minimum atomic E-state index is -3.27. The lowest BCUT2D eigenvalue weighted by Crippen LogP contribution is -2.04. The van der Waals surface area contributed by atoms with Crippen LogP contribution in [0.2, 0.25) is 0 Å². The van der Waals surface area contributed by atoms with Gasteiger partial charge in [0.1, 0.15) is 0 Å². The van der Waals surface area contributed by atoms with E-state index in [1.54, 1.807) is 12.4 Å². The summed E-state index contributed by atoms with van der Waals surface area (Å²) in [5, 5.41) is -0.117. The normalized spacial score (nSPS) is 14.1. The zero-order valence-electron chi connectivity index (χ0n) is 7.23. The van der Waals surface area contributed by atoms with Gasteiger partial charge in [0.2, 0.25) is 15.0 Å². The van der Waals surface area contributed by atoms with Crippen molar-refractivity contribution in [1.82, 2.24) is 9.97 Å². The number of halogens is 1. The Hall–Kier alpha value is -0.240. The maximum absolute atomic E-state index is 11.0. The number of sulfone groups is 1. The number of aromatic nitrogens is 2. The Morgan fingerprint density at radius 2 is 1.85 bits per heavy atom. The molecule has 1 atom stereocenters. The molecule has 1 heterocycles. The van der Waals surface area contributed by atoms with Gasteiger partial charge in [-0.1, -0.05) is 22.6 Å². The largest absolute Gasteiger partial charge is 0.246 e. The van der Waals surface area contributed by atoms with Gasteiger partial charge in [-0.3, -0.25) is 0 Å². The lowest BCUT2D eigenvalue weighted by Gasteiger charge is -2.02. The fourth-order valence-corrected chi connectivity index (χ4v) is 1.53. The molecule has 0 aliphatic rings. The van der Waals surface area contributed by atoms with E-state index >= 15 is 0 Å². The molecule has 0 aliphatic carbocycles. The molecule has 0 amide bonds. The SMILES string of the molecule is CC(I)c1cnc(S(C)(=O)=O)nc1. The summed E-state index contributed by atoms with van der Waals surface area (Å²) in [6.45, 7) is 1.99. The molecule has 1 rings (SSSR count). The summed E-state index contributed by atoms with van der Waals surface area (Å²) in [5.74, 6) is 0. The molecule has 1 aromatic rings. The number of hydrogen-bond donors (Lipinski definition) is 0. The van der Waals surface area contributed by atoms with Crippen LogP contribution in [0.25, 0.3) is 0 Å². The summed E-state index contributed by atoms with van der Waals surface area (Å²) in [6.07, 6.45) is 4.18. The van der Waals surface area contributed by atoms with Crippen molar-refractivity contribution in [2.45, 2.75) is 16.0 Å². The first kappa shape index (κ1) is 10.8. The fraction of sp³-hybridized carbons (Fsp3) is 0.429. The Bertz CT molecular complexity index is 385. The number of rotatable bonds is 2. The van der Waals surface area contributed by atoms with Crippen molar-refractivity contribution in [3.8, 4) is 0 Å². The average molecular weight is 312 g/mol. The van der Waals surface area contributed by atoms with E-state index < -0.39 is 9.84 Å². The van der Waals surface area contributed by atoms with E-state index in [1.165, 1.54) is 0 Å². The third-order valence-electron chi connectivity index (χ3n) is 1.44. The second-order valence-electron chi connectivity index (χ2n) is 2.69. The topological polar surface area (TPSA) is 59.9 Å². The molecular formula is C7H9IN2O2S. The van der Waals surface area contributed by atoms with Crippen molar-refractivity contribution in [1.29, 1.82) is 0 Å². The third-order valence-corrected chi connectivity index (χ3v) is 3.03. The van der Waals surface area contributed by atoms with Crippen LogP contribution in [0.4, 0.5) is 0 Å². The van der Waals surface area contributed by atoms with E-state index in [9.17, 15) is 8.42 Å². The summed E-state index contributed by atoms with van der Waals surface area (Å²) in [6, 6.07) is 0. The van der Waals surface area contributed by atoms with Gasteiger partial charge in [-0.2, -0.15) is 0 Å². The molecule has 0 aliphatic heterocycles. The van der Waals surface area contributed by atoms with Crippen LogP contribution in [0.1, 0.15) is 16.4 Å². The van der Waals surface area contributed by atoms with E-state index in [0.29, 0.717) is 0 Å². The second kappa shape index (κ2) is 3.87. The number of nitrogens with zero attached hydrogens (tertiary/aromatic N) is 2. The van der Waals surface area contributed by atoms with Crippen molar-refractivity contribution in [2.75, 3.05) is 6.26 Å². The van der Waals surface area contributed by atoms with E-state index in [1.807, 2.05) is 6.92 Å². The quantitative estimate of drug-likeness (QED) is 0.470. The molecule has 72 valence electrons. The summed E-state index contributed by atoms with van der Waals surface area (Å²) in [5.41, 5.74) is 0.924. The van der Waals surface area contributed by atoms with Crippen molar-refractivity contribution >= 4 is 32.4 Å². The summed E-state index contributed by atoms with van der Waals surface area (Å²) in [4.78, 5) is 7.53. The van der Waals surface area contributed by atoms with Crippen molar-refractivity contribution in [3.05, 3.63) is 18.0 Å². The first-order valence-corrected chi connectivity index (χ1v) is 6.71. The van der Waals surface area contributed by atoms with Gasteiger partial charge in [0.25, 0.3) is 0 Å². The van der Waals surface area contributed by atoms with Crippen LogP contribution in [0.5, 0.6) is 0 Å². The minimum Gasteiger partial charge on any atom is -0.227 e. The van der Waals surface area contributed by atoms with E-state index in [-0.39, 0.29) is 9.08 Å². The average Bonchev–Trinajstić information content (AvgIpc) is 2.03. The van der Waals surface area contributed by atoms with E-state index in [2.05, 4.69) is 32.6 Å². The monoisotopic (exact) mass is 312 g/mol. The first-order chi connectivity index (χ1) is 5.91. The highest BCUT2D eigenvalue weighted by molar-refractivity contribution is 14.1. The zero-order chi connectivity index (χ0) is 10.1. The van der Waals surface area contributed by atoms with Crippen LogP contribution in [0.3, 0.4) is 0 Å². The van der Waals surface area contributed by atoms with E-state index in [0.717, 1.165) is 11.8 Å². The molecule has 6 heteroatoms. The molecule has 0 fully saturated rings. The predicted molar refractivity (Wildman–Crippen MR) is 57.6 cm³/mol. The van der Waals surface area contributed by atoms with Crippen LogP contribution >= 0.6 is 22.6 Å². The summed E-state index contributed by atoms with van der Waals surface area (Å²) < 4.78 is 22.3. The van der Waals surface area contributed by atoms with Gasteiger partial charge in [-0.25, -0.2) is 18.4 Å². The minimum absolute atomic E-state index is 0.117. The van der Waals surface area contributed by atoms with Crippen molar-refractivity contribution < 1.29 is 8.42 Å². The highest BCUT2D eigenvalue weighted by Gasteiger charge is 2.10. The van der Waals surface area contributed by atoms with Crippen LogP contribution in [-0.4, -0.2) is 24.6 Å². The maximum Gasteiger partial charge on any atom is 0.246 e. The molecule has 0 aromatic carbocycles. The van der Waals surface area contributed by atoms with Gasteiger partial charge < -0.3 is 0 Å². The van der Waals surface area contributed by atoms with Gasteiger partial charge in [-0.05, 0) is 6.92 Å². The van der Waals surface area contributed by atoms with Gasteiger partial charge in [0.15, 0.2) is 0 Å². The van der Waals surface area contributed by atoms with Crippen molar-refractivity contribution in [2.24, 2.45) is 0 Å². The van der Waals surface area contributed by atoms with Crippen LogP contribution in [-0.2, 0) is 9.84 Å². The lowest BCUT2D eigenvalue weighted by atomic mass is 10.3. The smallest absolute Gasteiger partial charge is 0.227 e. The Morgan fingerprint density at radius 3 is 2.15 bits per heavy atom. The highest BCUT2D eigenvalue weighted by atomic mass is 127. The van der Waals surface area contributed by atoms with E-state index in [4.69, 9.17) is 0 Å². The zero-order valence-corrected chi connectivity index (χ0v) is 10.2. The molecule has 0 saturated carbocycles. The van der Waals surface area contributed by atoms with Gasteiger partial charge in [0, 0.05) is 28.1 Å². The Labute approximate surface area is 90.9 Å². The van der Waals surface area contributed by atoms with Gasteiger partial charge in [-0.15, -0.1) is 0 Å². The molecule has 0 N–H and O–H groups in total. The first-order valence-electron chi connectivity index (χ1n) is 3.57. The molecule has 4 nitrogen and oxygen atoms in total. The number of alkyl halides is 1. The fourth-order valence-electron chi connectivity index (χ4n) is 0.723. The van der Waals surface area contributed by atoms with Gasteiger partial charge >= 0.3 is 0 Å². The molecule has 13 heavy (non-hydrogen) atoms. The van der Waals surface area contributed by atoms with Crippen molar-refractivity contribution in [3.63, 3.8) is 0 Å². The van der Waals surface area contributed by atoms with Crippen LogP contribution in [0, 0.1) is 0 Å². The Balaban J connectivity index is 3.08. The molecule has 0 spiro atoms. The Morgan fingerprint density at radius 1 is 1.38 bits per heavy atom. The van der Waals surface area contributed by atoms with Gasteiger partial charge in [0.05, 0.1) is 0 Å². The third kappa shape index (κ3) is 2.87. The van der Waals surface area contributed by atoms with Crippen LogP contribution < -0.4 is 0 Å². The number of hydrogen-bond acceptors (Lipinski definition) is 4. The molecule has 1 aromatic heterocycles. The molecule has 0 saturated heterocycles. The highest BCUT2D eigenvalue weighted by Crippen LogP contribution is 2.20. The molecule has 0 radical (unpaired) electrons. The standard InChI is InChI=1S/C7H9IN2O2S/c1-5(8)6-3-9-7(10-4-6)13(2,11)12/h3-5H,1-2H3. The Kier molecular flexibility index (Phi) is 3.23. The predicted octanol–water partition coefficient (Wildman–Crippen LogP) is 1.38. The molecular weight excluding hydrogens is 303 g/mol. The lowest BCUT2D eigenvalue weighted by molar-refractivity contribution is 0.592. The second-order valence-corrected chi connectivity index (χ2v) is 6.47. The molecule has 1 unspecified atom stereocenters.